The highest BCUT2D eigenvalue weighted by atomic mass is 32.2. The van der Waals surface area contributed by atoms with Crippen LogP contribution < -0.4 is 10.6 Å². The van der Waals surface area contributed by atoms with Gasteiger partial charge in [0, 0.05) is 13.1 Å². The minimum absolute atomic E-state index is 0.469. The molecule has 15 heavy (non-hydrogen) atoms. The summed E-state index contributed by atoms with van der Waals surface area (Å²) in [5, 5.41) is 6.42. The molecule has 0 fully saturated rings. The highest BCUT2D eigenvalue weighted by Crippen LogP contribution is 2.11. The van der Waals surface area contributed by atoms with Crippen LogP contribution in [0.1, 0.15) is 13.3 Å². The van der Waals surface area contributed by atoms with Crippen LogP contribution in [0.2, 0.25) is 0 Å². The number of nitrogens with one attached hydrogen (secondary N) is 2. The summed E-state index contributed by atoms with van der Waals surface area (Å²) in [6.07, 6.45) is 3.29. The van der Waals surface area contributed by atoms with Gasteiger partial charge in [-0.15, -0.1) is 0 Å². The van der Waals surface area contributed by atoms with Gasteiger partial charge in [-0.1, -0.05) is 6.07 Å². The maximum absolute atomic E-state index is 4.41. The molecular weight excluding hydrogens is 206 g/mol. The summed E-state index contributed by atoms with van der Waals surface area (Å²) in [6.45, 7) is 2.18. The number of rotatable bonds is 6. The SMILES string of the molecule is CNc1cccc(NC(C)CCSC)n1. The summed E-state index contributed by atoms with van der Waals surface area (Å²) >= 11 is 1.88. The van der Waals surface area contributed by atoms with Crippen molar-refractivity contribution in [3.63, 3.8) is 0 Å². The van der Waals surface area contributed by atoms with Crippen LogP contribution in [0, 0.1) is 0 Å². The molecule has 0 spiro atoms. The third-order valence-electron chi connectivity index (χ3n) is 2.15. The molecule has 84 valence electrons. The number of pyridine rings is 1. The fourth-order valence-corrected chi connectivity index (χ4v) is 1.86. The zero-order chi connectivity index (χ0) is 11.1. The van der Waals surface area contributed by atoms with Crippen molar-refractivity contribution in [1.82, 2.24) is 4.98 Å². The third-order valence-corrected chi connectivity index (χ3v) is 2.80. The summed E-state index contributed by atoms with van der Waals surface area (Å²) in [4.78, 5) is 4.41. The summed E-state index contributed by atoms with van der Waals surface area (Å²) < 4.78 is 0. The van der Waals surface area contributed by atoms with Crippen molar-refractivity contribution in [2.75, 3.05) is 29.7 Å². The van der Waals surface area contributed by atoms with Gasteiger partial charge >= 0.3 is 0 Å². The zero-order valence-electron chi connectivity index (χ0n) is 9.58. The highest BCUT2D eigenvalue weighted by Gasteiger charge is 2.02. The van der Waals surface area contributed by atoms with Crippen molar-refractivity contribution in [3.8, 4) is 0 Å². The average molecular weight is 225 g/mol. The lowest BCUT2D eigenvalue weighted by Crippen LogP contribution is -2.16. The molecule has 3 nitrogen and oxygen atoms in total. The van der Waals surface area contributed by atoms with Crippen molar-refractivity contribution in [3.05, 3.63) is 18.2 Å². The van der Waals surface area contributed by atoms with Gasteiger partial charge in [-0.2, -0.15) is 11.8 Å². The molecule has 0 aliphatic carbocycles. The van der Waals surface area contributed by atoms with E-state index in [4.69, 9.17) is 0 Å². The smallest absolute Gasteiger partial charge is 0.128 e. The van der Waals surface area contributed by atoms with Gasteiger partial charge in [0.25, 0.3) is 0 Å². The van der Waals surface area contributed by atoms with Gasteiger partial charge < -0.3 is 10.6 Å². The van der Waals surface area contributed by atoms with Gasteiger partial charge in [-0.25, -0.2) is 4.98 Å². The van der Waals surface area contributed by atoms with Crippen molar-refractivity contribution >= 4 is 23.4 Å². The minimum atomic E-state index is 0.469. The topological polar surface area (TPSA) is 37.0 Å². The Morgan fingerprint density at radius 3 is 2.80 bits per heavy atom. The lowest BCUT2D eigenvalue weighted by atomic mass is 10.2. The number of hydrogen-bond donors (Lipinski definition) is 2. The van der Waals surface area contributed by atoms with E-state index in [1.807, 2.05) is 37.0 Å². The summed E-state index contributed by atoms with van der Waals surface area (Å²) in [7, 11) is 1.88. The zero-order valence-corrected chi connectivity index (χ0v) is 10.4. The van der Waals surface area contributed by atoms with E-state index in [2.05, 4.69) is 28.8 Å². The largest absolute Gasteiger partial charge is 0.373 e. The van der Waals surface area contributed by atoms with Crippen LogP contribution in [-0.4, -0.2) is 30.1 Å². The first-order valence-electron chi connectivity index (χ1n) is 5.16. The summed E-state index contributed by atoms with van der Waals surface area (Å²) in [6, 6.07) is 6.42. The standard InChI is InChI=1S/C11H19N3S/c1-9(7-8-15-3)13-11-6-4-5-10(12-2)14-11/h4-6,9H,7-8H2,1-3H3,(H2,12,13,14). The van der Waals surface area contributed by atoms with Crippen molar-refractivity contribution < 1.29 is 0 Å². The first kappa shape index (κ1) is 12.2. The number of thioether (sulfide) groups is 1. The van der Waals surface area contributed by atoms with Gasteiger partial charge in [0.1, 0.15) is 11.6 Å². The Hall–Kier alpha value is -0.900. The Morgan fingerprint density at radius 2 is 2.13 bits per heavy atom. The second kappa shape index (κ2) is 6.56. The van der Waals surface area contributed by atoms with Crippen LogP contribution in [0.25, 0.3) is 0 Å². The maximum atomic E-state index is 4.41. The Bertz CT molecular complexity index is 291. The Labute approximate surface area is 96.1 Å². The normalized spacial score (nSPS) is 12.2. The molecule has 0 aromatic carbocycles. The number of anilines is 2. The molecule has 1 heterocycles. The maximum Gasteiger partial charge on any atom is 0.128 e. The predicted octanol–water partition coefficient (Wildman–Crippen LogP) is 2.68. The van der Waals surface area contributed by atoms with Crippen molar-refractivity contribution in [1.29, 1.82) is 0 Å². The van der Waals surface area contributed by atoms with E-state index in [-0.39, 0.29) is 0 Å². The monoisotopic (exact) mass is 225 g/mol. The molecule has 1 aromatic heterocycles. The summed E-state index contributed by atoms with van der Waals surface area (Å²) in [5.41, 5.74) is 0. The first-order chi connectivity index (χ1) is 7.26. The molecule has 2 N–H and O–H groups in total. The van der Waals surface area contributed by atoms with Gasteiger partial charge in [0.2, 0.25) is 0 Å². The van der Waals surface area contributed by atoms with E-state index in [1.165, 1.54) is 5.75 Å². The molecule has 0 saturated carbocycles. The van der Waals surface area contributed by atoms with Gasteiger partial charge in [0.15, 0.2) is 0 Å². The lowest BCUT2D eigenvalue weighted by Gasteiger charge is -2.14. The van der Waals surface area contributed by atoms with E-state index < -0.39 is 0 Å². The molecule has 0 aliphatic rings. The van der Waals surface area contributed by atoms with Crippen LogP contribution in [0.15, 0.2) is 18.2 Å². The Kier molecular flexibility index (Phi) is 5.32. The summed E-state index contributed by atoms with van der Waals surface area (Å²) in [5.74, 6) is 3.02. The third kappa shape index (κ3) is 4.42. The van der Waals surface area contributed by atoms with Gasteiger partial charge in [0.05, 0.1) is 0 Å². The molecule has 0 saturated heterocycles. The second-order valence-electron chi connectivity index (χ2n) is 3.48. The first-order valence-corrected chi connectivity index (χ1v) is 6.56. The molecule has 1 unspecified atom stereocenters. The molecule has 0 aliphatic heterocycles. The van der Waals surface area contributed by atoms with E-state index in [1.54, 1.807) is 0 Å². The fraction of sp³-hybridized carbons (Fsp3) is 0.545. The lowest BCUT2D eigenvalue weighted by molar-refractivity contribution is 0.767. The molecule has 0 bridgehead atoms. The molecule has 1 rings (SSSR count). The second-order valence-corrected chi connectivity index (χ2v) is 4.47. The number of hydrogen-bond acceptors (Lipinski definition) is 4. The molecule has 1 atom stereocenters. The molecule has 1 aromatic rings. The minimum Gasteiger partial charge on any atom is -0.373 e. The van der Waals surface area contributed by atoms with Gasteiger partial charge in [-0.3, -0.25) is 0 Å². The van der Waals surface area contributed by atoms with E-state index >= 15 is 0 Å². The van der Waals surface area contributed by atoms with Crippen LogP contribution >= 0.6 is 11.8 Å². The molecule has 0 amide bonds. The fourth-order valence-electron chi connectivity index (χ4n) is 1.27. The van der Waals surface area contributed by atoms with E-state index in [0.29, 0.717) is 6.04 Å². The van der Waals surface area contributed by atoms with Crippen LogP contribution in [0.4, 0.5) is 11.6 Å². The van der Waals surface area contributed by atoms with Crippen molar-refractivity contribution in [2.24, 2.45) is 0 Å². The number of nitrogens with zero attached hydrogens (tertiary/aromatic N) is 1. The molecule has 4 heteroatoms. The van der Waals surface area contributed by atoms with Crippen molar-refractivity contribution in [2.45, 2.75) is 19.4 Å². The molecule has 0 radical (unpaired) electrons. The van der Waals surface area contributed by atoms with E-state index in [9.17, 15) is 0 Å². The van der Waals surface area contributed by atoms with Crippen LogP contribution in [0.3, 0.4) is 0 Å². The highest BCUT2D eigenvalue weighted by molar-refractivity contribution is 7.98. The van der Waals surface area contributed by atoms with Gasteiger partial charge in [-0.05, 0) is 37.5 Å². The predicted molar refractivity (Wildman–Crippen MR) is 69.9 cm³/mol. The quantitative estimate of drug-likeness (QED) is 0.780. The van der Waals surface area contributed by atoms with E-state index in [0.717, 1.165) is 18.1 Å². The van der Waals surface area contributed by atoms with Crippen LogP contribution in [0.5, 0.6) is 0 Å². The molecular formula is C11H19N3S. The Morgan fingerprint density at radius 1 is 1.40 bits per heavy atom. The Balaban J connectivity index is 2.48. The average Bonchev–Trinajstić information content (AvgIpc) is 2.26. The number of aromatic nitrogens is 1. The van der Waals surface area contributed by atoms with Crippen LogP contribution in [-0.2, 0) is 0 Å².